The van der Waals surface area contributed by atoms with Crippen LogP contribution in [0.25, 0.3) is 0 Å². The Morgan fingerprint density at radius 2 is 2.11 bits per heavy atom. The Balaban J connectivity index is 2.46. The molecule has 0 aromatic carbocycles. The van der Waals surface area contributed by atoms with E-state index < -0.39 is 5.41 Å². The predicted molar refractivity (Wildman–Crippen MR) is 73.0 cm³/mol. The highest BCUT2D eigenvalue weighted by Gasteiger charge is 2.32. The quantitative estimate of drug-likeness (QED) is 0.769. The predicted octanol–water partition coefficient (Wildman–Crippen LogP) is 1.51. The summed E-state index contributed by atoms with van der Waals surface area (Å²) < 4.78 is 0. The number of hydrogen-bond donors (Lipinski definition) is 2. The molecule has 0 aliphatic carbocycles. The van der Waals surface area contributed by atoms with Crippen LogP contribution in [0, 0.1) is 5.41 Å². The van der Waals surface area contributed by atoms with Gasteiger partial charge in [0.05, 0.1) is 5.41 Å². The van der Waals surface area contributed by atoms with Crippen molar-refractivity contribution < 1.29 is 4.79 Å². The molecule has 4 heteroatoms. The molecule has 18 heavy (non-hydrogen) atoms. The van der Waals surface area contributed by atoms with Crippen LogP contribution in [0.1, 0.15) is 32.4 Å². The summed E-state index contributed by atoms with van der Waals surface area (Å²) in [6.45, 7) is 5.02. The van der Waals surface area contributed by atoms with E-state index >= 15 is 0 Å². The summed E-state index contributed by atoms with van der Waals surface area (Å²) in [6.07, 6.45) is 4.06. The molecule has 0 saturated heterocycles. The van der Waals surface area contributed by atoms with Crippen LogP contribution in [-0.4, -0.2) is 24.0 Å². The summed E-state index contributed by atoms with van der Waals surface area (Å²) in [5.41, 5.74) is 6.32. The molecule has 0 unspecified atom stereocenters. The molecule has 1 rings (SSSR count). The maximum atomic E-state index is 12.1. The van der Waals surface area contributed by atoms with Gasteiger partial charge in [-0.2, -0.15) is 0 Å². The normalized spacial score (nSPS) is 11.3. The van der Waals surface area contributed by atoms with Gasteiger partial charge in [0.1, 0.15) is 0 Å². The van der Waals surface area contributed by atoms with Crippen molar-refractivity contribution in [2.45, 2.75) is 33.1 Å². The first-order valence-corrected chi connectivity index (χ1v) is 6.56. The van der Waals surface area contributed by atoms with Gasteiger partial charge < -0.3 is 11.1 Å². The van der Waals surface area contributed by atoms with E-state index in [2.05, 4.69) is 10.3 Å². The van der Waals surface area contributed by atoms with Crippen LogP contribution in [0.2, 0.25) is 0 Å². The number of aromatic nitrogens is 1. The minimum atomic E-state index is -0.413. The fourth-order valence-corrected chi connectivity index (χ4v) is 1.99. The Kier molecular flexibility index (Phi) is 5.78. The van der Waals surface area contributed by atoms with E-state index in [0.29, 0.717) is 13.1 Å². The van der Waals surface area contributed by atoms with Crippen molar-refractivity contribution in [3.05, 3.63) is 30.1 Å². The fourth-order valence-electron chi connectivity index (χ4n) is 1.99. The molecule has 3 N–H and O–H groups in total. The molecule has 0 fully saturated rings. The van der Waals surface area contributed by atoms with E-state index in [1.807, 2.05) is 32.0 Å². The van der Waals surface area contributed by atoms with E-state index in [1.54, 1.807) is 6.20 Å². The molecule has 0 aliphatic rings. The number of rotatable bonds is 7. The Bertz CT molecular complexity index is 352. The molecule has 4 nitrogen and oxygen atoms in total. The topological polar surface area (TPSA) is 68.0 Å². The van der Waals surface area contributed by atoms with Gasteiger partial charge in [-0.1, -0.05) is 19.9 Å². The molecule has 0 spiro atoms. The van der Waals surface area contributed by atoms with Crippen molar-refractivity contribution in [1.29, 1.82) is 0 Å². The molecule has 1 aromatic rings. The third-order valence-corrected chi connectivity index (χ3v) is 3.62. The molecule has 0 radical (unpaired) electrons. The number of nitrogens with zero attached hydrogens (tertiary/aromatic N) is 1. The van der Waals surface area contributed by atoms with E-state index in [9.17, 15) is 4.79 Å². The van der Waals surface area contributed by atoms with Crippen molar-refractivity contribution in [2.24, 2.45) is 11.1 Å². The number of hydrogen-bond acceptors (Lipinski definition) is 3. The van der Waals surface area contributed by atoms with E-state index in [0.717, 1.165) is 25.0 Å². The lowest BCUT2D eigenvalue weighted by Crippen LogP contribution is -2.45. The zero-order chi connectivity index (χ0) is 13.4. The summed E-state index contributed by atoms with van der Waals surface area (Å²) in [4.78, 5) is 16.4. The van der Waals surface area contributed by atoms with Crippen LogP contribution in [0.4, 0.5) is 0 Å². The number of pyridine rings is 1. The van der Waals surface area contributed by atoms with Crippen molar-refractivity contribution in [3.8, 4) is 0 Å². The summed E-state index contributed by atoms with van der Waals surface area (Å²) in [5, 5.41) is 2.97. The molecular formula is C14H23N3O. The first-order valence-electron chi connectivity index (χ1n) is 6.56. The van der Waals surface area contributed by atoms with Gasteiger partial charge in [0.15, 0.2) is 0 Å². The van der Waals surface area contributed by atoms with Gasteiger partial charge >= 0.3 is 0 Å². The number of nitrogens with one attached hydrogen (secondary N) is 1. The summed E-state index contributed by atoms with van der Waals surface area (Å²) in [5.74, 6) is 0.0610. The smallest absolute Gasteiger partial charge is 0.227 e. The Hall–Kier alpha value is -1.42. The lowest BCUT2D eigenvalue weighted by molar-refractivity contribution is -0.131. The van der Waals surface area contributed by atoms with E-state index in [-0.39, 0.29) is 5.91 Å². The highest BCUT2D eigenvalue weighted by molar-refractivity contribution is 5.82. The van der Waals surface area contributed by atoms with Gasteiger partial charge in [0, 0.05) is 31.4 Å². The highest BCUT2D eigenvalue weighted by Crippen LogP contribution is 2.24. The second-order valence-electron chi connectivity index (χ2n) is 4.52. The number of carbonyl (C=O) groups excluding carboxylic acids is 1. The molecule has 0 aliphatic heterocycles. The van der Waals surface area contributed by atoms with Crippen molar-refractivity contribution in [2.75, 3.05) is 13.1 Å². The van der Waals surface area contributed by atoms with Crippen LogP contribution in [-0.2, 0) is 11.2 Å². The zero-order valence-corrected chi connectivity index (χ0v) is 11.3. The zero-order valence-electron chi connectivity index (χ0n) is 11.3. The monoisotopic (exact) mass is 249 g/mol. The minimum absolute atomic E-state index is 0.0610. The van der Waals surface area contributed by atoms with Crippen LogP contribution >= 0.6 is 0 Å². The van der Waals surface area contributed by atoms with Gasteiger partial charge in [0.2, 0.25) is 5.91 Å². The van der Waals surface area contributed by atoms with Gasteiger partial charge in [-0.15, -0.1) is 0 Å². The summed E-state index contributed by atoms with van der Waals surface area (Å²) >= 11 is 0. The van der Waals surface area contributed by atoms with Crippen LogP contribution in [0.15, 0.2) is 24.4 Å². The Labute approximate surface area is 109 Å². The van der Waals surface area contributed by atoms with Gasteiger partial charge in [0.25, 0.3) is 0 Å². The molecule has 0 bridgehead atoms. The van der Waals surface area contributed by atoms with Gasteiger partial charge in [-0.3, -0.25) is 9.78 Å². The molecule has 100 valence electrons. The third kappa shape index (κ3) is 3.53. The molecule has 1 aromatic heterocycles. The standard InChI is InChI=1S/C14H23N3O/c1-3-14(4-2,11-15)13(18)17-10-8-12-7-5-6-9-16-12/h5-7,9H,3-4,8,10-11,15H2,1-2H3,(H,17,18). The molecule has 0 saturated carbocycles. The highest BCUT2D eigenvalue weighted by atomic mass is 16.2. The molecule has 0 atom stereocenters. The van der Waals surface area contributed by atoms with E-state index in [1.165, 1.54) is 0 Å². The SMILES string of the molecule is CCC(CC)(CN)C(=O)NCCc1ccccn1. The van der Waals surface area contributed by atoms with Crippen LogP contribution in [0.5, 0.6) is 0 Å². The number of amides is 1. The van der Waals surface area contributed by atoms with Crippen molar-refractivity contribution >= 4 is 5.91 Å². The fraction of sp³-hybridized carbons (Fsp3) is 0.571. The maximum Gasteiger partial charge on any atom is 0.227 e. The average Bonchev–Trinajstić information content (AvgIpc) is 2.42. The Morgan fingerprint density at radius 3 is 2.61 bits per heavy atom. The van der Waals surface area contributed by atoms with Gasteiger partial charge in [-0.25, -0.2) is 0 Å². The lowest BCUT2D eigenvalue weighted by Gasteiger charge is -2.28. The van der Waals surface area contributed by atoms with Crippen LogP contribution < -0.4 is 11.1 Å². The summed E-state index contributed by atoms with van der Waals surface area (Å²) in [7, 11) is 0. The maximum absolute atomic E-state index is 12.1. The lowest BCUT2D eigenvalue weighted by atomic mass is 9.81. The first-order chi connectivity index (χ1) is 8.68. The Morgan fingerprint density at radius 1 is 1.39 bits per heavy atom. The van der Waals surface area contributed by atoms with E-state index in [4.69, 9.17) is 5.73 Å². The number of carbonyl (C=O) groups is 1. The number of nitrogens with two attached hydrogens (primary N) is 1. The average molecular weight is 249 g/mol. The van der Waals surface area contributed by atoms with Crippen molar-refractivity contribution in [1.82, 2.24) is 10.3 Å². The van der Waals surface area contributed by atoms with Gasteiger partial charge in [-0.05, 0) is 25.0 Å². The molecular weight excluding hydrogens is 226 g/mol. The van der Waals surface area contributed by atoms with Crippen molar-refractivity contribution in [3.63, 3.8) is 0 Å². The van der Waals surface area contributed by atoms with Crippen LogP contribution in [0.3, 0.4) is 0 Å². The third-order valence-electron chi connectivity index (χ3n) is 3.62. The summed E-state index contributed by atoms with van der Waals surface area (Å²) in [6, 6.07) is 5.80. The minimum Gasteiger partial charge on any atom is -0.355 e. The second kappa shape index (κ2) is 7.11. The molecule has 1 heterocycles. The first kappa shape index (κ1) is 14.6. The second-order valence-corrected chi connectivity index (χ2v) is 4.52. The molecule has 1 amide bonds. The largest absolute Gasteiger partial charge is 0.355 e.